The molecule has 158 valence electrons. The smallest absolute Gasteiger partial charge is 0.312 e. The van der Waals surface area contributed by atoms with Gasteiger partial charge >= 0.3 is 5.69 Å². The standard InChI is InChI=1S/C24H23N3O4/c28-24(20-9-5-2-6-10-20)26-15-13-25(14-16-26)21-11-12-23(22(17-21)27(29)30)31-18-19-7-3-1-4-8-19/h1-12,17H,13-16,18H2. The number of piperazine rings is 1. The summed E-state index contributed by atoms with van der Waals surface area (Å²) in [6.45, 7) is 2.61. The Morgan fingerprint density at radius 1 is 0.903 bits per heavy atom. The van der Waals surface area contributed by atoms with Gasteiger partial charge in [-0.25, -0.2) is 0 Å². The molecule has 0 bridgehead atoms. The van der Waals surface area contributed by atoms with Gasteiger partial charge in [-0.3, -0.25) is 14.9 Å². The predicted molar refractivity (Wildman–Crippen MR) is 118 cm³/mol. The largest absolute Gasteiger partial charge is 0.482 e. The fourth-order valence-electron chi connectivity index (χ4n) is 3.63. The van der Waals surface area contributed by atoms with Gasteiger partial charge in [0.05, 0.1) is 4.92 Å². The van der Waals surface area contributed by atoms with Crippen LogP contribution in [0.3, 0.4) is 0 Å². The number of rotatable bonds is 6. The highest BCUT2D eigenvalue weighted by molar-refractivity contribution is 5.94. The Hall–Kier alpha value is -3.87. The zero-order valence-electron chi connectivity index (χ0n) is 17.0. The van der Waals surface area contributed by atoms with Crippen molar-refractivity contribution in [1.29, 1.82) is 0 Å². The van der Waals surface area contributed by atoms with Crippen molar-refractivity contribution >= 4 is 17.3 Å². The first-order chi connectivity index (χ1) is 15.1. The fourth-order valence-corrected chi connectivity index (χ4v) is 3.63. The molecule has 4 rings (SSSR count). The van der Waals surface area contributed by atoms with E-state index in [0.29, 0.717) is 31.7 Å². The molecule has 0 spiro atoms. The summed E-state index contributed by atoms with van der Waals surface area (Å²) in [5.74, 6) is 0.256. The minimum atomic E-state index is -0.418. The van der Waals surface area contributed by atoms with E-state index in [2.05, 4.69) is 4.90 Å². The van der Waals surface area contributed by atoms with Crippen molar-refractivity contribution in [3.05, 3.63) is 100 Å². The minimum absolute atomic E-state index is 0.0101. The van der Waals surface area contributed by atoms with Crippen LogP contribution in [0.4, 0.5) is 11.4 Å². The van der Waals surface area contributed by atoms with Crippen molar-refractivity contribution in [1.82, 2.24) is 4.90 Å². The van der Waals surface area contributed by atoms with Crippen LogP contribution in [0.2, 0.25) is 0 Å². The number of nitro groups is 1. The minimum Gasteiger partial charge on any atom is -0.482 e. The molecular formula is C24H23N3O4. The van der Waals surface area contributed by atoms with E-state index in [1.54, 1.807) is 12.1 Å². The summed E-state index contributed by atoms with van der Waals surface area (Å²) in [5.41, 5.74) is 2.31. The summed E-state index contributed by atoms with van der Waals surface area (Å²) in [7, 11) is 0. The second-order valence-electron chi connectivity index (χ2n) is 7.33. The Balaban J connectivity index is 1.42. The van der Waals surface area contributed by atoms with Gasteiger partial charge in [0.1, 0.15) is 6.61 Å². The van der Waals surface area contributed by atoms with Gasteiger partial charge in [0.25, 0.3) is 5.91 Å². The fraction of sp³-hybridized carbons (Fsp3) is 0.208. The molecule has 1 fully saturated rings. The van der Waals surface area contributed by atoms with Crippen molar-refractivity contribution in [3.63, 3.8) is 0 Å². The topological polar surface area (TPSA) is 75.9 Å². The predicted octanol–water partition coefficient (Wildman–Crippen LogP) is 4.14. The number of nitro benzene ring substituents is 1. The third-order valence-electron chi connectivity index (χ3n) is 5.33. The molecule has 0 atom stereocenters. The molecule has 1 heterocycles. The molecule has 1 saturated heterocycles. The molecule has 0 N–H and O–H groups in total. The summed E-state index contributed by atoms with van der Waals surface area (Å²) in [4.78, 5) is 27.7. The van der Waals surface area contributed by atoms with E-state index < -0.39 is 4.92 Å². The average molecular weight is 417 g/mol. The van der Waals surface area contributed by atoms with E-state index in [0.717, 1.165) is 11.3 Å². The van der Waals surface area contributed by atoms with E-state index in [-0.39, 0.29) is 24.0 Å². The third-order valence-corrected chi connectivity index (χ3v) is 5.33. The monoisotopic (exact) mass is 417 g/mol. The highest BCUT2D eigenvalue weighted by atomic mass is 16.6. The van der Waals surface area contributed by atoms with Crippen molar-refractivity contribution in [2.24, 2.45) is 0 Å². The number of ether oxygens (including phenoxy) is 1. The number of anilines is 1. The van der Waals surface area contributed by atoms with Crippen LogP contribution in [0.15, 0.2) is 78.9 Å². The molecule has 31 heavy (non-hydrogen) atoms. The van der Waals surface area contributed by atoms with Gasteiger partial charge in [-0.1, -0.05) is 48.5 Å². The lowest BCUT2D eigenvalue weighted by Gasteiger charge is -2.36. The molecule has 1 aliphatic rings. The quantitative estimate of drug-likeness (QED) is 0.445. The SMILES string of the molecule is O=C(c1ccccc1)N1CCN(c2ccc(OCc3ccccc3)c([N+](=O)[O-])c2)CC1. The van der Waals surface area contributed by atoms with Crippen LogP contribution >= 0.6 is 0 Å². The molecular weight excluding hydrogens is 394 g/mol. The summed E-state index contributed by atoms with van der Waals surface area (Å²) < 4.78 is 5.71. The van der Waals surface area contributed by atoms with E-state index >= 15 is 0 Å². The van der Waals surface area contributed by atoms with Gasteiger partial charge < -0.3 is 14.5 Å². The van der Waals surface area contributed by atoms with E-state index in [9.17, 15) is 14.9 Å². The average Bonchev–Trinajstić information content (AvgIpc) is 2.83. The van der Waals surface area contributed by atoms with Gasteiger partial charge in [-0.05, 0) is 29.8 Å². The van der Waals surface area contributed by atoms with Crippen molar-refractivity contribution in [2.75, 3.05) is 31.1 Å². The second kappa shape index (κ2) is 9.30. The molecule has 0 aromatic heterocycles. The molecule has 0 radical (unpaired) electrons. The molecule has 1 amide bonds. The number of nitrogens with zero attached hydrogens (tertiary/aromatic N) is 3. The zero-order chi connectivity index (χ0) is 21.6. The normalized spacial score (nSPS) is 13.7. The first-order valence-corrected chi connectivity index (χ1v) is 10.2. The Kier molecular flexibility index (Phi) is 6.12. The number of carbonyl (C=O) groups excluding carboxylic acids is 1. The molecule has 7 heteroatoms. The van der Waals surface area contributed by atoms with Crippen molar-refractivity contribution in [2.45, 2.75) is 6.61 Å². The lowest BCUT2D eigenvalue weighted by atomic mass is 10.1. The highest BCUT2D eigenvalue weighted by Crippen LogP contribution is 2.32. The molecule has 0 aliphatic carbocycles. The van der Waals surface area contributed by atoms with Gasteiger partial charge in [-0.2, -0.15) is 0 Å². The Bertz CT molecular complexity index is 1050. The van der Waals surface area contributed by atoms with Crippen molar-refractivity contribution < 1.29 is 14.5 Å². The van der Waals surface area contributed by atoms with Crippen LogP contribution in [-0.4, -0.2) is 41.9 Å². The number of amides is 1. The number of carbonyl (C=O) groups is 1. The van der Waals surface area contributed by atoms with Crippen LogP contribution in [0, 0.1) is 10.1 Å². The summed E-state index contributed by atoms with van der Waals surface area (Å²) in [6, 6.07) is 23.8. The summed E-state index contributed by atoms with van der Waals surface area (Å²) >= 11 is 0. The molecule has 0 unspecified atom stereocenters. The summed E-state index contributed by atoms with van der Waals surface area (Å²) in [5, 5.41) is 11.6. The third kappa shape index (κ3) is 4.83. The highest BCUT2D eigenvalue weighted by Gasteiger charge is 2.24. The van der Waals surface area contributed by atoms with Gasteiger partial charge in [0, 0.05) is 43.5 Å². The lowest BCUT2D eigenvalue weighted by molar-refractivity contribution is -0.385. The second-order valence-corrected chi connectivity index (χ2v) is 7.33. The molecule has 3 aromatic rings. The summed E-state index contributed by atoms with van der Waals surface area (Å²) in [6.07, 6.45) is 0. The molecule has 1 aliphatic heterocycles. The Labute approximate surface area is 180 Å². The van der Waals surface area contributed by atoms with Crippen LogP contribution in [0.25, 0.3) is 0 Å². The van der Waals surface area contributed by atoms with Gasteiger partial charge in [0.2, 0.25) is 0 Å². The zero-order valence-corrected chi connectivity index (χ0v) is 17.0. The number of hydrogen-bond acceptors (Lipinski definition) is 5. The first-order valence-electron chi connectivity index (χ1n) is 10.2. The van der Waals surface area contributed by atoms with E-state index in [1.165, 1.54) is 0 Å². The van der Waals surface area contributed by atoms with E-state index in [1.807, 2.05) is 71.6 Å². The maximum Gasteiger partial charge on any atom is 0.312 e. The van der Waals surface area contributed by atoms with Gasteiger partial charge in [0.15, 0.2) is 5.75 Å². The molecule has 3 aromatic carbocycles. The molecule has 7 nitrogen and oxygen atoms in total. The van der Waals surface area contributed by atoms with Crippen LogP contribution in [-0.2, 0) is 6.61 Å². The Morgan fingerprint density at radius 3 is 2.19 bits per heavy atom. The first kappa shape index (κ1) is 20.4. The van der Waals surface area contributed by atoms with E-state index in [4.69, 9.17) is 4.74 Å². The number of hydrogen-bond donors (Lipinski definition) is 0. The lowest BCUT2D eigenvalue weighted by Crippen LogP contribution is -2.48. The molecule has 0 saturated carbocycles. The maximum atomic E-state index is 12.6. The van der Waals surface area contributed by atoms with Crippen LogP contribution in [0.5, 0.6) is 5.75 Å². The Morgan fingerprint density at radius 2 is 1.55 bits per heavy atom. The van der Waals surface area contributed by atoms with Gasteiger partial charge in [-0.15, -0.1) is 0 Å². The maximum absolute atomic E-state index is 12.6. The van der Waals surface area contributed by atoms with Crippen molar-refractivity contribution in [3.8, 4) is 5.75 Å². The number of benzene rings is 3. The van der Waals surface area contributed by atoms with Crippen LogP contribution in [0.1, 0.15) is 15.9 Å². The van der Waals surface area contributed by atoms with Crippen LogP contribution < -0.4 is 9.64 Å².